The lowest BCUT2D eigenvalue weighted by molar-refractivity contribution is 0.214. The Morgan fingerprint density at radius 1 is 1.57 bits per heavy atom. The minimum Gasteiger partial charge on any atom is -0.487 e. The summed E-state index contributed by atoms with van der Waals surface area (Å²) < 4.78 is 5.93. The lowest BCUT2D eigenvalue weighted by atomic mass is 10.1. The number of nitrogens with two attached hydrogens (primary N) is 1. The topological polar surface area (TPSA) is 51.4 Å². The van der Waals surface area contributed by atoms with Crippen molar-refractivity contribution >= 4 is 22.2 Å². The van der Waals surface area contributed by atoms with Gasteiger partial charge in [-0.3, -0.25) is 0 Å². The summed E-state index contributed by atoms with van der Waals surface area (Å²) in [7, 11) is 0. The van der Waals surface area contributed by atoms with Crippen molar-refractivity contribution in [1.82, 2.24) is 4.98 Å². The summed E-state index contributed by atoms with van der Waals surface area (Å²) in [6.07, 6.45) is 0.178. The lowest BCUT2D eigenvalue weighted by Gasteiger charge is -2.35. The molecule has 2 N–H and O–H groups in total. The van der Waals surface area contributed by atoms with E-state index in [0.717, 1.165) is 41.4 Å². The number of benzene rings is 1. The van der Waals surface area contributed by atoms with E-state index in [9.17, 15) is 0 Å². The van der Waals surface area contributed by atoms with Gasteiger partial charge in [-0.15, -0.1) is 11.3 Å². The first-order chi connectivity index (χ1) is 10.0. The number of thiazole rings is 1. The summed E-state index contributed by atoms with van der Waals surface area (Å²) in [6.45, 7) is 9.85. The van der Waals surface area contributed by atoms with Crippen LogP contribution in [0.15, 0.2) is 35.7 Å². The molecular formula is C16H19N3OS. The summed E-state index contributed by atoms with van der Waals surface area (Å²) in [5.41, 5.74) is 9.93. The molecule has 0 amide bonds. The Hall–Kier alpha value is -2.01. The Morgan fingerprint density at radius 2 is 2.38 bits per heavy atom. The summed E-state index contributed by atoms with van der Waals surface area (Å²) in [5.74, 6) is 0.918. The van der Waals surface area contributed by atoms with E-state index in [-0.39, 0.29) is 6.10 Å². The third-order valence-corrected chi connectivity index (χ3v) is 4.06. The van der Waals surface area contributed by atoms with Gasteiger partial charge in [-0.1, -0.05) is 12.2 Å². The maximum absolute atomic E-state index is 5.93. The molecule has 1 aliphatic rings. The molecule has 3 rings (SSSR count). The SMILES string of the molecule is C=C(C)CN1CC(C)Oc2ccc(-c3csc(N)n3)cc21. The quantitative estimate of drug-likeness (QED) is 0.881. The second kappa shape index (κ2) is 5.41. The number of fused-ring (bicyclic) bond motifs is 1. The fourth-order valence-electron chi connectivity index (χ4n) is 2.58. The highest BCUT2D eigenvalue weighted by Gasteiger charge is 2.23. The van der Waals surface area contributed by atoms with E-state index in [1.807, 2.05) is 24.4 Å². The van der Waals surface area contributed by atoms with Gasteiger partial charge in [0.15, 0.2) is 5.13 Å². The van der Waals surface area contributed by atoms with Crippen molar-refractivity contribution in [3.63, 3.8) is 0 Å². The largest absolute Gasteiger partial charge is 0.487 e. The summed E-state index contributed by atoms with van der Waals surface area (Å²) in [5, 5.41) is 2.57. The first-order valence-corrected chi connectivity index (χ1v) is 7.82. The second-order valence-electron chi connectivity index (χ2n) is 5.52. The van der Waals surface area contributed by atoms with Gasteiger partial charge < -0.3 is 15.4 Å². The molecular weight excluding hydrogens is 282 g/mol. The fraction of sp³-hybridized carbons (Fsp3) is 0.312. The molecule has 0 radical (unpaired) electrons. The first kappa shape index (κ1) is 13.9. The highest BCUT2D eigenvalue weighted by Crippen LogP contribution is 2.37. The maximum atomic E-state index is 5.93. The Labute approximate surface area is 128 Å². The van der Waals surface area contributed by atoms with Gasteiger partial charge in [0.2, 0.25) is 0 Å². The molecule has 1 atom stereocenters. The lowest BCUT2D eigenvalue weighted by Crippen LogP contribution is -2.39. The van der Waals surface area contributed by atoms with E-state index < -0.39 is 0 Å². The monoisotopic (exact) mass is 301 g/mol. The molecule has 1 aliphatic heterocycles. The second-order valence-corrected chi connectivity index (χ2v) is 6.41. The molecule has 0 aliphatic carbocycles. The Morgan fingerprint density at radius 3 is 3.05 bits per heavy atom. The maximum Gasteiger partial charge on any atom is 0.180 e. The molecule has 0 saturated heterocycles. The molecule has 0 spiro atoms. The average Bonchev–Trinajstić information content (AvgIpc) is 2.84. The molecule has 5 heteroatoms. The zero-order valence-corrected chi connectivity index (χ0v) is 13.1. The van der Waals surface area contributed by atoms with Crippen LogP contribution in [0, 0.1) is 0 Å². The third kappa shape index (κ3) is 2.88. The van der Waals surface area contributed by atoms with E-state index >= 15 is 0 Å². The van der Waals surface area contributed by atoms with Gasteiger partial charge >= 0.3 is 0 Å². The van der Waals surface area contributed by atoms with Crippen molar-refractivity contribution in [2.45, 2.75) is 20.0 Å². The smallest absolute Gasteiger partial charge is 0.180 e. The van der Waals surface area contributed by atoms with E-state index in [1.54, 1.807) is 0 Å². The molecule has 110 valence electrons. The van der Waals surface area contributed by atoms with Crippen molar-refractivity contribution in [3.8, 4) is 17.0 Å². The molecule has 2 aromatic rings. The first-order valence-electron chi connectivity index (χ1n) is 6.94. The van der Waals surface area contributed by atoms with Crippen LogP contribution >= 0.6 is 11.3 Å². The molecule has 21 heavy (non-hydrogen) atoms. The fourth-order valence-corrected chi connectivity index (χ4v) is 3.15. The van der Waals surface area contributed by atoms with E-state index in [4.69, 9.17) is 10.5 Å². The molecule has 0 fully saturated rings. The van der Waals surface area contributed by atoms with Crippen LogP contribution < -0.4 is 15.4 Å². The summed E-state index contributed by atoms with van der Waals surface area (Å²) >= 11 is 1.46. The van der Waals surface area contributed by atoms with Crippen LogP contribution in [0.25, 0.3) is 11.3 Å². The predicted octanol–water partition coefficient (Wildman–Crippen LogP) is 3.56. The molecule has 4 nitrogen and oxygen atoms in total. The van der Waals surface area contributed by atoms with Crippen LogP contribution in [0.2, 0.25) is 0 Å². The predicted molar refractivity (Wildman–Crippen MR) is 89.1 cm³/mol. The van der Waals surface area contributed by atoms with Gasteiger partial charge in [-0.2, -0.15) is 0 Å². The molecule has 2 heterocycles. The van der Waals surface area contributed by atoms with Gasteiger partial charge in [0.05, 0.1) is 17.9 Å². The Bertz CT molecular complexity index is 680. The van der Waals surface area contributed by atoms with Gasteiger partial charge in [0.1, 0.15) is 11.9 Å². The number of ether oxygens (including phenoxy) is 1. The van der Waals surface area contributed by atoms with E-state index in [0.29, 0.717) is 5.13 Å². The Kier molecular flexibility index (Phi) is 3.59. The highest BCUT2D eigenvalue weighted by molar-refractivity contribution is 7.13. The number of hydrogen-bond acceptors (Lipinski definition) is 5. The van der Waals surface area contributed by atoms with Gasteiger partial charge in [-0.05, 0) is 32.0 Å². The van der Waals surface area contributed by atoms with E-state index in [2.05, 4.69) is 29.5 Å². The minimum atomic E-state index is 0.178. The number of aromatic nitrogens is 1. The van der Waals surface area contributed by atoms with Crippen molar-refractivity contribution in [1.29, 1.82) is 0 Å². The third-order valence-electron chi connectivity index (χ3n) is 3.38. The van der Waals surface area contributed by atoms with Crippen LogP contribution in [-0.2, 0) is 0 Å². The van der Waals surface area contributed by atoms with Crippen LogP contribution in [0.5, 0.6) is 5.75 Å². The van der Waals surface area contributed by atoms with Gasteiger partial charge in [0, 0.05) is 17.5 Å². The van der Waals surface area contributed by atoms with E-state index in [1.165, 1.54) is 11.3 Å². The molecule has 1 unspecified atom stereocenters. The number of nitrogen functional groups attached to an aromatic ring is 1. The number of nitrogens with zero attached hydrogens (tertiary/aromatic N) is 2. The Balaban J connectivity index is 2.00. The van der Waals surface area contributed by atoms with Gasteiger partial charge in [0.25, 0.3) is 0 Å². The van der Waals surface area contributed by atoms with Crippen LogP contribution in [0.1, 0.15) is 13.8 Å². The van der Waals surface area contributed by atoms with Crippen molar-refractivity contribution in [2.24, 2.45) is 0 Å². The molecule has 0 saturated carbocycles. The van der Waals surface area contributed by atoms with Crippen molar-refractivity contribution < 1.29 is 4.74 Å². The number of anilines is 2. The summed E-state index contributed by atoms with van der Waals surface area (Å²) in [4.78, 5) is 6.66. The number of hydrogen-bond donors (Lipinski definition) is 1. The standard InChI is InChI=1S/C16H19N3OS/c1-10(2)7-19-8-11(3)20-15-5-4-12(6-14(15)19)13-9-21-16(17)18-13/h4-6,9,11H,1,7-8H2,2-3H3,(H2,17,18). The molecule has 0 bridgehead atoms. The summed E-state index contributed by atoms with van der Waals surface area (Å²) in [6, 6.07) is 6.17. The normalized spacial score (nSPS) is 17.2. The highest BCUT2D eigenvalue weighted by atomic mass is 32.1. The zero-order valence-electron chi connectivity index (χ0n) is 12.3. The number of rotatable bonds is 3. The van der Waals surface area contributed by atoms with Crippen molar-refractivity contribution in [3.05, 3.63) is 35.7 Å². The van der Waals surface area contributed by atoms with Crippen LogP contribution in [-0.4, -0.2) is 24.2 Å². The molecule has 1 aromatic heterocycles. The van der Waals surface area contributed by atoms with Gasteiger partial charge in [-0.25, -0.2) is 4.98 Å². The minimum absolute atomic E-state index is 0.178. The van der Waals surface area contributed by atoms with Crippen molar-refractivity contribution in [2.75, 3.05) is 23.7 Å². The molecule has 1 aromatic carbocycles. The average molecular weight is 301 g/mol. The van der Waals surface area contributed by atoms with Crippen LogP contribution in [0.4, 0.5) is 10.8 Å². The van der Waals surface area contributed by atoms with Crippen LogP contribution in [0.3, 0.4) is 0 Å². The zero-order chi connectivity index (χ0) is 15.0.